The van der Waals surface area contributed by atoms with Gasteiger partial charge in [0, 0.05) is 17.6 Å². The zero-order valence-corrected chi connectivity index (χ0v) is 16.3. The van der Waals surface area contributed by atoms with E-state index in [0.29, 0.717) is 17.7 Å². The molecule has 6 heteroatoms. The van der Waals surface area contributed by atoms with E-state index in [0.717, 1.165) is 11.4 Å². The molecule has 0 aliphatic carbocycles. The Morgan fingerprint density at radius 1 is 1.22 bits per heavy atom. The second kappa shape index (κ2) is 8.55. The lowest BCUT2D eigenvalue weighted by atomic mass is 10.0. The van der Waals surface area contributed by atoms with Crippen LogP contribution >= 0.6 is 11.6 Å². The summed E-state index contributed by atoms with van der Waals surface area (Å²) in [4.78, 5) is 7.37. The van der Waals surface area contributed by atoms with Crippen LogP contribution in [0.15, 0.2) is 48.8 Å². The van der Waals surface area contributed by atoms with Crippen LogP contribution in [0.4, 0.5) is 4.39 Å². The first kappa shape index (κ1) is 19.4. The van der Waals surface area contributed by atoms with E-state index < -0.39 is 5.82 Å². The van der Waals surface area contributed by atoms with Gasteiger partial charge in [0.1, 0.15) is 5.75 Å². The third-order valence-electron chi connectivity index (χ3n) is 4.58. The maximum atomic E-state index is 15.3. The molecule has 0 aliphatic heterocycles. The number of benzene rings is 2. The number of imidazole rings is 1. The van der Waals surface area contributed by atoms with Gasteiger partial charge >= 0.3 is 0 Å². The van der Waals surface area contributed by atoms with E-state index in [1.54, 1.807) is 30.6 Å². The Kier molecular flexibility index (Phi) is 6.14. The molecule has 0 spiro atoms. The van der Waals surface area contributed by atoms with Gasteiger partial charge in [0.05, 0.1) is 22.7 Å². The van der Waals surface area contributed by atoms with Crippen molar-refractivity contribution >= 4 is 11.6 Å². The summed E-state index contributed by atoms with van der Waals surface area (Å²) in [5.74, 6) is 0.142. The van der Waals surface area contributed by atoms with Gasteiger partial charge < -0.3 is 15.0 Å². The van der Waals surface area contributed by atoms with E-state index >= 15 is 4.39 Å². The lowest BCUT2D eigenvalue weighted by Crippen LogP contribution is -2.26. The number of aromatic amines is 1. The fourth-order valence-corrected chi connectivity index (χ4v) is 3.32. The summed E-state index contributed by atoms with van der Waals surface area (Å²) in [6.45, 7) is 5.98. The number of hydrogen-bond acceptors (Lipinski definition) is 3. The molecule has 0 fully saturated rings. The van der Waals surface area contributed by atoms with E-state index in [1.807, 2.05) is 39.0 Å². The minimum Gasteiger partial charge on any atom is -0.453 e. The molecule has 0 radical (unpaired) electrons. The lowest BCUT2D eigenvalue weighted by molar-refractivity contribution is 0.408. The van der Waals surface area contributed by atoms with Gasteiger partial charge in [0.15, 0.2) is 11.6 Å². The molecule has 142 valence electrons. The second-order valence-electron chi connectivity index (χ2n) is 6.45. The van der Waals surface area contributed by atoms with Gasteiger partial charge in [0.25, 0.3) is 0 Å². The Hall–Kier alpha value is -2.37. The standard InChI is InChI=1S/C21H23ClFN3O/c1-4-18(26-14(3)20-13(2)24-12-25-20)16-10-11-17(22)21(19(16)23)27-15-8-6-5-7-9-15/h5-12,14,18,26H,4H2,1-3H3,(H,24,25)/t14-,18-/m1/s1. The van der Waals surface area contributed by atoms with E-state index in [9.17, 15) is 0 Å². The quantitative estimate of drug-likeness (QED) is 0.514. The fraction of sp³-hybridized carbons (Fsp3) is 0.286. The molecule has 0 saturated heterocycles. The molecule has 27 heavy (non-hydrogen) atoms. The second-order valence-corrected chi connectivity index (χ2v) is 6.85. The van der Waals surface area contributed by atoms with Crippen LogP contribution in [-0.2, 0) is 0 Å². The number of rotatable bonds is 7. The molecule has 3 aromatic rings. The van der Waals surface area contributed by atoms with Crippen LogP contribution < -0.4 is 10.1 Å². The minimum atomic E-state index is -0.445. The number of nitrogens with zero attached hydrogens (tertiary/aromatic N) is 1. The summed E-state index contributed by atoms with van der Waals surface area (Å²) < 4.78 is 21.0. The molecule has 2 N–H and O–H groups in total. The van der Waals surface area contributed by atoms with Crippen molar-refractivity contribution in [3.8, 4) is 11.5 Å². The first-order valence-electron chi connectivity index (χ1n) is 8.98. The summed E-state index contributed by atoms with van der Waals surface area (Å²) in [5.41, 5.74) is 2.44. The summed E-state index contributed by atoms with van der Waals surface area (Å²) in [5, 5.41) is 3.71. The molecule has 4 nitrogen and oxygen atoms in total. The summed E-state index contributed by atoms with van der Waals surface area (Å²) in [6.07, 6.45) is 2.37. The summed E-state index contributed by atoms with van der Waals surface area (Å²) in [6, 6.07) is 12.2. The number of aromatic nitrogens is 2. The van der Waals surface area contributed by atoms with Crippen LogP contribution in [0.5, 0.6) is 11.5 Å². The SMILES string of the molecule is CC[C@@H](N[C@H](C)c1[nH]cnc1C)c1ccc(Cl)c(Oc2ccccc2)c1F. The Morgan fingerprint density at radius 2 is 1.96 bits per heavy atom. The van der Waals surface area contributed by atoms with Crippen molar-refractivity contribution < 1.29 is 9.13 Å². The van der Waals surface area contributed by atoms with E-state index in [-0.39, 0.29) is 22.9 Å². The van der Waals surface area contributed by atoms with E-state index in [4.69, 9.17) is 16.3 Å². The van der Waals surface area contributed by atoms with Crippen molar-refractivity contribution in [3.05, 3.63) is 76.6 Å². The van der Waals surface area contributed by atoms with Crippen molar-refractivity contribution in [3.63, 3.8) is 0 Å². The first-order valence-corrected chi connectivity index (χ1v) is 9.35. The molecule has 0 amide bonds. The topological polar surface area (TPSA) is 49.9 Å². The molecule has 0 saturated carbocycles. The molecule has 2 atom stereocenters. The Labute approximate surface area is 163 Å². The molecule has 0 aliphatic rings. The van der Waals surface area contributed by atoms with E-state index in [1.165, 1.54) is 0 Å². The summed E-state index contributed by atoms with van der Waals surface area (Å²) in [7, 11) is 0. The van der Waals surface area contributed by atoms with Gasteiger partial charge in [-0.15, -0.1) is 0 Å². The van der Waals surface area contributed by atoms with Crippen LogP contribution in [0, 0.1) is 12.7 Å². The highest BCUT2D eigenvalue weighted by molar-refractivity contribution is 6.32. The minimum absolute atomic E-state index is 0.00832. The van der Waals surface area contributed by atoms with Gasteiger partial charge in [0.2, 0.25) is 0 Å². The molecule has 1 heterocycles. The van der Waals surface area contributed by atoms with E-state index in [2.05, 4.69) is 15.3 Å². The van der Waals surface area contributed by atoms with Gasteiger partial charge in [-0.05, 0) is 38.5 Å². The third kappa shape index (κ3) is 4.31. The van der Waals surface area contributed by atoms with Crippen LogP contribution in [0.2, 0.25) is 5.02 Å². The number of halogens is 2. The number of hydrogen-bond donors (Lipinski definition) is 2. The zero-order chi connectivity index (χ0) is 19.4. The van der Waals surface area contributed by atoms with Crippen LogP contribution in [0.1, 0.15) is 49.3 Å². The van der Waals surface area contributed by atoms with Gasteiger partial charge in [-0.25, -0.2) is 9.37 Å². The highest BCUT2D eigenvalue weighted by Crippen LogP contribution is 2.37. The zero-order valence-electron chi connectivity index (χ0n) is 15.6. The maximum absolute atomic E-state index is 15.3. The average Bonchev–Trinajstić information content (AvgIpc) is 3.10. The van der Waals surface area contributed by atoms with Crippen LogP contribution in [-0.4, -0.2) is 9.97 Å². The Morgan fingerprint density at radius 3 is 2.59 bits per heavy atom. The largest absolute Gasteiger partial charge is 0.453 e. The smallest absolute Gasteiger partial charge is 0.181 e. The number of ether oxygens (including phenoxy) is 1. The average molecular weight is 388 g/mol. The van der Waals surface area contributed by atoms with Crippen LogP contribution in [0.3, 0.4) is 0 Å². The highest BCUT2D eigenvalue weighted by atomic mass is 35.5. The van der Waals surface area contributed by atoms with Gasteiger partial charge in [-0.2, -0.15) is 0 Å². The van der Waals surface area contributed by atoms with Crippen molar-refractivity contribution in [2.75, 3.05) is 0 Å². The summed E-state index contributed by atoms with van der Waals surface area (Å²) >= 11 is 6.21. The molecular formula is C21H23ClFN3O. The van der Waals surface area contributed by atoms with Crippen molar-refractivity contribution in [2.45, 2.75) is 39.3 Å². The first-order chi connectivity index (χ1) is 13.0. The molecule has 0 bridgehead atoms. The number of para-hydroxylation sites is 1. The fourth-order valence-electron chi connectivity index (χ4n) is 3.14. The van der Waals surface area contributed by atoms with Crippen molar-refractivity contribution in [1.29, 1.82) is 0 Å². The predicted molar refractivity (Wildman–Crippen MR) is 106 cm³/mol. The molecule has 0 unspecified atom stereocenters. The van der Waals surface area contributed by atoms with Gasteiger partial charge in [-0.1, -0.05) is 42.8 Å². The molecule has 2 aromatic carbocycles. The highest BCUT2D eigenvalue weighted by Gasteiger charge is 2.23. The lowest BCUT2D eigenvalue weighted by Gasteiger charge is -2.24. The normalized spacial score (nSPS) is 13.4. The number of aryl methyl sites for hydroxylation is 1. The molecule has 1 aromatic heterocycles. The van der Waals surface area contributed by atoms with Gasteiger partial charge in [-0.3, -0.25) is 0 Å². The maximum Gasteiger partial charge on any atom is 0.181 e. The molecule has 3 rings (SSSR count). The van der Waals surface area contributed by atoms with Crippen molar-refractivity contribution in [1.82, 2.24) is 15.3 Å². The Balaban J connectivity index is 1.88. The number of nitrogens with one attached hydrogen (secondary N) is 2. The third-order valence-corrected chi connectivity index (χ3v) is 4.88. The predicted octanol–water partition coefficient (Wildman–Crippen LogP) is 6.10. The number of H-pyrrole nitrogens is 1. The monoisotopic (exact) mass is 387 g/mol. The Bertz CT molecular complexity index is 898. The van der Waals surface area contributed by atoms with Crippen molar-refractivity contribution in [2.24, 2.45) is 0 Å². The van der Waals surface area contributed by atoms with Crippen LogP contribution in [0.25, 0.3) is 0 Å². The molecular weight excluding hydrogens is 365 g/mol.